The van der Waals surface area contributed by atoms with Crippen LogP contribution >= 0.6 is 11.6 Å². The van der Waals surface area contributed by atoms with Crippen molar-refractivity contribution in [1.29, 1.82) is 0 Å². The molecule has 3 aromatic rings. The van der Waals surface area contributed by atoms with Crippen LogP contribution in [0.25, 0.3) is 11.2 Å². The fourth-order valence-electron chi connectivity index (χ4n) is 4.08. The van der Waals surface area contributed by atoms with E-state index in [9.17, 15) is 14.7 Å². The molecule has 0 saturated carbocycles. The maximum atomic E-state index is 15.2. The maximum Gasteiger partial charge on any atom is 0.346 e. The molecule has 0 amide bonds. The fourth-order valence-corrected chi connectivity index (χ4v) is 4.25. The normalized spacial score (nSPS) is 23.5. The molecule has 1 saturated heterocycles. The zero-order chi connectivity index (χ0) is 26.0. The topological polar surface area (TPSA) is 152 Å². The predicted molar refractivity (Wildman–Crippen MR) is 126 cm³/mol. The van der Waals surface area contributed by atoms with Gasteiger partial charge in [0.15, 0.2) is 29.6 Å². The molecule has 3 N–H and O–H groups in total. The van der Waals surface area contributed by atoms with Gasteiger partial charge in [-0.15, -0.1) is 0 Å². The second-order valence-electron chi connectivity index (χ2n) is 8.28. The van der Waals surface area contributed by atoms with Crippen LogP contribution in [0.5, 0.6) is 0 Å². The number of anilines is 1. The number of rotatable bonds is 9. The van der Waals surface area contributed by atoms with Crippen LogP contribution < -0.4 is 5.73 Å². The fraction of sp³-hybridized carbons (Fsp3) is 0.435. The van der Waals surface area contributed by atoms with Crippen molar-refractivity contribution in [2.24, 2.45) is 0 Å². The second-order valence-corrected chi connectivity index (χ2v) is 8.62. The number of benzene rings is 1. The number of aliphatic hydroxyl groups excluding tert-OH is 1. The molecule has 11 nitrogen and oxygen atoms in total. The van der Waals surface area contributed by atoms with E-state index in [4.69, 9.17) is 31.5 Å². The number of hydrogen-bond acceptors (Lipinski definition) is 10. The number of nitrogen functional groups attached to an aromatic ring is 1. The zero-order valence-corrected chi connectivity index (χ0v) is 20.3. The van der Waals surface area contributed by atoms with E-state index in [2.05, 4.69) is 15.0 Å². The SMILES string of the molecule is CCOC(=O)C(Cc1ccccc1)(OC[C@H]1O[C@@H](n2cnc3c(N)nc(Cl)nc32)[C@H](O)[C@@H]1F)C(C)=O. The Hall–Kier alpha value is -3.19. The van der Waals surface area contributed by atoms with Crippen molar-refractivity contribution >= 4 is 40.3 Å². The summed E-state index contributed by atoms with van der Waals surface area (Å²) in [5.74, 6) is -1.50. The second kappa shape index (κ2) is 10.4. The van der Waals surface area contributed by atoms with Crippen LogP contribution in [0.4, 0.5) is 10.2 Å². The molecule has 2 aromatic heterocycles. The third kappa shape index (κ3) is 4.76. The molecule has 192 valence electrons. The standard InChI is InChI=1S/C23H25ClFN5O6/c1-3-34-21(33)23(12(2)31,9-13-7-5-4-6-8-13)35-10-14-15(25)17(32)20(36-14)30-11-27-16-18(26)28-22(24)29-19(16)30/h4-8,11,14-15,17,20,32H,3,9-10H2,1-2H3,(H2,26,28,29)/t14-,15-,17-,20-,23?/m1/s1. The van der Waals surface area contributed by atoms with Crippen LogP contribution in [0.15, 0.2) is 36.7 Å². The maximum absolute atomic E-state index is 15.2. The average Bonchev–Trinajstić information content (AvgIpc) is 3.38. The van der Waals surface area contributed by atoms with E-state index in [1.165, 1.54) is 17.8 Å². The van der Waals surface area contributed by atoms with Crippen LogP contribution in [0, 0.1) is 0 Å². The lowest BCUT2D eigenvalue weighted by molar-refractivity contribution is -0.182. The van der Waals surface area contributed by atoms with Crippen molar-refractivity contribution in [3.63, 3.8) is 0 Å². The van der Waals surface area contributed by atoms with Crippen LogP contribution in [0.2, 0.25) is 5.28 Å². The first-order valence-electron chi connectivity index (χ1n) is 11.2. The number of carbonyl (C=O) groups excluding carboxylic acids is 2. The molecule has 0 aliphatic carbocycles. The Morgan fingerprint density at radius 2 is 2.03 bits per heavy atom. The lowest BCUT2D eigenvalue weighted by atomic mass is 9.90. The molecular formula is C23H25ClFN5O6. The number of aliphatic hydroxyl groups is 1. The molecule has 1 fully saturated rings. The number of carbonyl (C=O) groups is 2. The summed E-state index contributed by atoms with van der Waals surface area (Å²) in [5.41, 5.74) is 4.77. The van der Waals surface area contributed by atoms with Gasteiger partial charge in [-0.2, -0.15) is 9.97 Å². The number of ketones is 1. The Labute approximate surface area is 210 Å². The summed E-state index contributed by atoms with van der Waals surface area (Å²) < 4.78 is 33.1. The van der Waals surface area contributed by atoms with Gasteiger partial charge in [-0.05, 0) is 31.0 Å². The van der Waals surface area contributed by atoms with Crippen molar-refractivity contribution in [3.8, 4) is 0 Å². The molecule has 1 aliphatic heterocycles. The number of nitrogens with zero attached hydrogens (tertiary/aromatic N) is 4. The summed E-state index contributed by atoms with van der Waals surface area (Å²) in [6, 6.07) is 8.75. The highest BCUT2D eigenvalue weighted by atomic mass is 35.5. The lowest BCUT2D eigenvalue weighted by Crippen LogP contribution is -2.52. The quantitative estimate of drug-likeness (QED) is 0.242. The summed E-state index contributed by atoms with van der Waals surface area (Å²) in [4.78, 5) is 37.6. The van der Waals surface area contributed by atoms with Crippen LogP contribution in [0.1, 0.15) is 25.6 Å². The number of imidazole rings is 1. The largest absolute Gasteiger partial charge is 0.463 e. The Bertz CT molecular complexity index is 1260. The summed E-state index contributed by atoms with van der Waals surface area (Å²) in [6.45, 7) is 2.29. The molecule has 0 spiro atoms. The first-order valence-corrected chi connectivity index (χ1v) is 11.5. The van der Waals surface area contributed by atoms with Crippen LogP contribution in [-0.2, 0) is 30.2 Å². The number of hydrogen-bond donors (Lipinski definition) is 2. The molecule has 36 heavy (non-hydrogen) atoms. The Morgan fingerprint density at radius 3 is 2.69 bits per heavy atom. The molecule has 0 radical (unpaired) electrons. The number of fused-ring (bicyclic) bond motifs is 1. The number of esters is 1. The van der Waals surface area contributed by atoms with E-state index in [0.717, 1.165) is 0 Å². The minimum atomic E-state index is -2.03. The number of nitrogens with two attached hydrogens (primary N) is 1. The van der Waals surface area contributed by atoms with E-state index in [1.54, 1.807) is 37.3 Å². The Morgan fingerprint density at radius 1 is 1.31 bits per heavy atom. The number of ether oxygens (including phenoxy) is 3. The van der Waals surface area contributed by atoms with Crippen molar-refractivity contribution in [1.82, 2.24) is 19.5 Å². The molecule has 4 rings (SSSR count). The van der Waals surface area contributed by atoms with Crippen molar-refractivity contribution in [2.45, 2.75) is 50.5 Å². The zero-order valence-electron chi connectivity index (χ0n) is 19.5. The predicted octanol–water partition coefficient (Wildman–Crippen LogP) is 1.81. The van der Waals surface area contributed by atoms with Gasteiger partial charge in [-0.1, -0.05) is 30.3 Å². The Kier molecular flexibility index (Phi) is 7.50. The highest BCUT2D eigenvalue weighted by Crippen LogP contribution is 2.35. The van der Waals surface area contributed by atoms with E-state index in [1.807, 2.05) is 0 Å². The monoisotopic (exact) mass is 521 g/mol. The number of halogens is 2. The number of Topliss-reactive ketones (excluding diaryl/α,β-unsaturated/α-hetero) is 1. The minimum absolute atomic E-state index is 0.00880. The molecule has 3 heterocycles. The van der Waals surface area contributed by atoms with Crippen molar-refractivity contribution in [3.05, 3.63) is 47.5 Å². The van der Waals surface area contributed by atoms with E-state index >= 15 is 4.39 Å². The first-order chi connectivity index (χ1) is 17.2. The van der Waals surface area contributed by atoms with E-state index in [0.29, 0.717) is 5.56 Å². The third-order valence-electron chi connectivity index (χ3n) is 5.95. The van der Waals surface area contributed by atoms with Crippen molar-refractivity contribution < 1.29 is 33.3 Å². The van der Waals surface area contributed by atoms with E-state index in [-0.39, 0.29) is 35.3 Å². The van der Waals surface area contributed by atoms with Gasteiger partial charge in [-0.3, -0.25) is 9.36 Å². The molecule has 0 bridgehead atoms. The summed E-state index contributed by atoms with van der Waals surface area (Å²) in [6.07, 6.45) is -5.02. The molecule has 1 unspecified atom stereocenters. The van der Waals surface area contributed by atoms with Crippen LogP contribution in [0.3, 0.4) is 0 Å². The summed E-state index contributed by atoms with van der Waals surface area (Å²) in [5, 5.41) is 10.4. The lowest BCUT2D eigenvalue weighted by Gasteiger charge is -2.30. The molecular weight excluding hydrogens is 497 g/mol. The van der Waals surface area contributed by atoms with Crippen LogP contribution in [-0.4, -0.2) is 73.6 Å². The molecule has 1 aromatic carbocycles. The van der Waals surface area contributed by atoms with E-state index < -0.39 is 48.6 Å². The average molecular weight is 522 g/mol. The summed E-state index contributed by atoms with van der Waals surface area (Å²) in [7, 11) is 0. The first kappa shape index (κ1) is 25.9. The summed E-state index contributed by atoms with van der Waals surface area (Å²) >= 11 is 5.89. The minimum Gasteiger partial charge on any atom is -0.463 e. The smallest absolute Gasteiger partial charge is 0.346 e. The van der Waals surface area contributed by atoms with Gasteiger partial charge in [0, 0.05) is 6.42 Å². The molecule has 13 heteroatoms. The van der Waals surface area contributed by atoms with Gasteiger partial charge in [0.25, 0.3) is 0 Å². The molecule has 1 aliphatic rings. The van der Waals surface area contributed by atoms with Gasteiger partial charge in [0.2, 0.25) is 10.9 Å². The van der Waals surface area contributed by atoms with Crippen molar-refractivity contribution in [2.75, 3.05) is 18.9 Å². The van der Waals surface area contributed by atoms with Gasteiger partial charge < -0.3 is 25.1 Å². The van der Waals surface area contributed by atoms with Gasteiger partial charge >= 0.3 is 5.97 Å². The number of alkyl halides is 1. The highest BCUT2D eigenvalue weighted by Gasteiger charge is 2.50. The third-order valence-corrected chi connectivity index (χ3v) is 6.12. The number of aromatic nitrogens is 4. The van der Waals surface area contributed by atoms with Gasteiger partial charge in [0.1, 0.15) is 17.7 Å². The molecule has 5 atom stereocenters. The Balaban J connectivity index is 1.59. The van der Waals surface area contributed by atoms with Gasteiger partial charge in [0.05, 0.1) is 19.5 Å². The van der Waals surface area contributed by atoms with Gasteiger partial charge in [-0.25, -0.2) is 14.2 Å². The highest BCUT2D eigenvalue weighted by molar-refractivity contribution is 6.28.